The monoisotopic (exact) mass is 269 g/mol. The summed E-state index contributed by atoms with van der Waals surface area (Å²) in [5, 5.41) is 3.22. The Morgan fingerprint density at radius 2 is 2.21 bits per heavy atom. The number of nitrogens with one attached hydrogen (secondary N) is 1. The molecule has 3 N–H and O–H groups in total. The summed E-state index contributed by atoms with van der Waals surface area (Å²) in [7, 11) is 0. The predicted molar refractivity (Wildman–Crippen MR) is 75.5 cm³/mol. The molecule has 0 saturated carbocycles. The SMILES string of the molecule is CCNCCCC(=O)N1CCC[C@@H]1C[C@@H](C)C(N)=O. The van der Waals surface area contributed by atoms with Crippen molar-refractivity contribution in [2.75, 3.05) is 19.6 Å². The average Bonchev–Trinajstić information content (AvgIpc) is 2.82. The molecule has 0 aromatic carbocycles. The van der Waals surface area contributed by atoms with Gasteiger partial charge < -0.3 is 16.0 Å². The molecule has 1 rings (SSSR count). The molecule has 1 heterocycles. The number of nitrogens with zero attached hydrogens (tertiary/aromatic N) is 1. The van der Waals surface area contributed by atoms with E-state index in [4.69, 9.17) is 5.73 Å². The molecule has 1 aliphatic heterocycles. The molecule has 0 aliphatic carbocycles. The Labute approximate surface area is 115 Å². The highest BCUT2D eigenvalue weighted by molar-refractivity contribution is 5.78. The molecule has 0 bridgehead atoms. The van der Waals surface area contributed by atoms with Gasteiger partial charge in [0, 0.05) is 24.9 Å². The maximum absolute atomic E-state index is 12.2. The van der Waals surface area contributed by atoms with Crippen LogP contribution in [0.4, 0.5) is 0 Å². The molecule has 1 fully saturated rings. The number of hydrogen-bond donors (Lipinski definition) is 2. The molecule has 0 aromatic heterocycles. The smallest absolute Gasteiger partial charge is 0.222 e. The van der Waals surface area contributed by atoms with Crippen molar-refractivity contribution in [3.63, 3.8) is 0 Å². The lowest BCUT2D eigenvalue weighted by Crippen LogP contribution is -2.38. The summed E-state index contributed by atoms with van der Waals surface area (Å²) in [5.41, 5.74) is 5.30. The predicted octanol–water partition coefficient (Wildman–Crippen LogP) is 0.879. The average molecular weight is 269 g/mol. The van der Waals surface area contributed by atoms with Crippen molar-refractivity contribution in [3.05, 3.63) is 0 Å². The standard InChI is InChI=1S/C14H27N3O2/c1-3-16-8-4-7-13(18)17-9-5-6-12(17)10-11(2)14(15)19/h11-12,16H,3-10H2,1-2H3,(H2,15,19)/t11-,12-/m1/s1. The van der Waals surface area contributed by atoms with Crippen molar-refractivity contribution in [2.24, 2.45) is 11.7 Å². The van der Waals surface area contributed by atoms with Crippen molar-refractivity contribution in [2.45, 2.75) is 52.0 Å². The fourth-order valence-electron chi connectivity index (χ4n) is 2.62. The number of primary amides is 1. The van der Waals surface area contributed by atoms with E-state index >= 15 is 0 Å². The molecular weight excluding hydrogens is 242 g/mol. The van der Waals surface area contributed by atoms with E-state index in [2.05, 4.69) is 12.2 Å². The summed E-state index contributed by atoms with van der Waals surface area (Å²) < 4.78 is 0. The summed E-state index contributed by atoms with van der Waals surface area (Å²) in [6, 6.07) is 0.203. The zero-order chi connectivity index (χ0) is 14.3. The second-order valence-electron chi connectivity index (χ2n) is 5.38. The number of amides is 2. The van der Waals surface area contributed by atoms with E-state index in [-0.39, 0.29) is 23.8 Å². The maximum atomic E-state index is 12.2. The van der Waals surface area contributed by atoms with E-state index in [1.807, 2.05) is 11.8 Å². The van der Waals surface area contributed by atoms with E-state index in [1.165, 1.54) is 0 Å². The molecule has 5 heteroatoms. The number of likely N-dealkylation sites (tertiary alicyclic amines) is 1. The summed E-state index contributed by atoms with van der Waals surface area (Å²) >= 11 is 0. The number of rotatable bonds is 8. The zero-order valence-electron chi connectivity index (χ0n) is 12.2. The minimum atomic E-state index is -0.272. The van der Waals surface area contributed by atoms with Crippen LogP contribution < -0.4 is 11.1 Å². The Morgan fingerprint density at radius 3 is 2.84 bits per heavy atom. The highest BCUT2D eigenvalue weighted by Gasteiger charge is 2.30. The van der Waals surface area contributed by atoms with Gasteiger partial charge >= 0.3 is 0 Å². The maximum Gasteiger partial charge on any atom is 0.222 e. The van der Waals surface area contributed by atoms with Gasteiger partial charge in [-0.15, -0.1) is 0 Å². The first-order valence-electron chi connectivity index (χ1n) is 7.35. The lowest BCUT2D eigenvalue weighted by molar-refractivity contribution is -0.133. The van der Waals surface area contributed by atoms with Crippen LogP contribution >= 0.6 is 0 Å². The third-order valence-electron chi connectivity index (χ3n) is 3.80. The van der Waals surface area contributed by atoms with Gasteiger partial charge in [-0.1, -0.05) is 13.8 Å². The van der Waals surface area contributed by atoms with Crippen LogP contribution in [0.1, 0.15) is 46.0 Å². The quantitative estimate of drug-likeness (QED) is 0.642. The second-order valence-corrected chi connectivity index (χ2v) is 5.38. The van der Waals surface area contributed by atoms with Crippen LogP contribution in [0.15, 0.2) is 0 Å². The van der Waals surface area contributed by atoms with Gasteiger partial charge in [-0.3, -0.25) is 9.59 Å². The molecule has 19 heavy (non-hydrogen) atoms. The normalized spacial score (nSPS) is 20.5. The molecule has 110 valence electrons. The zero-order valence-corrected chi connectivity index (χ0v) is 12.2. The molecule has 0 aromatic rings. The fraction of sp³-hybridized carbons (Fsp3) is 0.857. The number of nitrogens with two attached hydrogens (primary N) is 1. The lowest BCUT2D eigenvalue weighted by Gasteiger charge is -2.26. The van der Waals surface area contributed by atoms with Crippen molar-refractivity contribution in [3.8, 4) is 0 Å². The van der Waals surface area contributed by atoms with Crippen molar-refractivity contribution < 1.29 is 9.59 Å². The van der Waals surface area contributed by atoms with Crippen LogP contribution in [0.5, 0.6) is 0 Å². The third-order valence-corrected chi connectivity index (χ3v) is 3.80. The van der Waals surface area contributed by atoms with Gasteiger partial charge in [0.05, 0.1) is 0 Å². The highest BCUT2D eigenvalue weighted by Crippen LogP contribution is 2.24. The van der Waals surface area contributed by atoms with Crippen LogP contribution in [-0.2, 0) is 9.59 Å². The molecule has 0 unspecified atom stereocenters. The summed E-state index contributed by atoms with van der Waals surface area (Å²) in [6.45, 7) is 6.56. The molecule has 0 spiro atoms. The Kier molecular flexibility index (Phi) is 6.84. The topological polar surface area (TPSA) is 75.4 Å². The Morgan fingerprint density at radius 1 is 1.47 bits per heavy atom. The van der Waals surface area contributed by atoms with Gasteiger partial charge in [0.15, 0.2) is 0 Å². The third kappa shape index (κ3) is 5.19. The first kappa shape index (κ1) is 16.0. The van der Waals surface area contributed by atoms with Gasteiger partial charge in [0.1, 0.15) is 0 Å². The van der Waals surface area contributed by atoms with E-state index in [1.54, 1.807) is 0 Å². The number of carbonyl (C=O) groups is 2. The number of carbonyl (C=O) groups excluding carboxylic acids is 2. The van der Waals surface area contributed by atoms with E-state index in [9.17, 15) is 9.59 Å². The van der Waals surface area contributed by atoms with E-state index < -0.39 is 0 Å². The van der Waals surface area contributed by atoms with Crippen molar-refractivity contribution in [1.29, 1.82) is 0 Å². The van der Waals surface area contributed by atoms with Crippen LogP contribution in [-0.4, -0.2) is 42.4 Å². The Hall–Kier alpha value is -1.10. The van der Waals surface area contributed by atoms with Crippen LogP contribution in [0, 0.1) is 5.92 Å². The summed E-state index contributed by atoms with van der Waals surface area (Å²) in [4.78, 5) is 25.2. The fourth-order valence-corrected chi connectivity index (χ4v) is 2.62. The molecular formula is C14H27N3O2. The van der Waals surface area contributed by atoms with Gasteiger partial charge in [-0.2, -0.15) is 0 Å². The summed E-state index contributed by atoms with van der Waals surface area (Å²) in [5.74, 6) is -0.205. The largest absolute Gasteiger partial charge is 0.369 e. The van der Waals surface area contributed by atoms with E-state index in [0.29, 0.717) is 12.8 Å². The first-order valence-corrected chi connectivity index (χ1v) is 7.35. The van der Waals surface area contributed by atoms with Crippen LogP contribution in [0.2, 0.25) is 0 Å². The number of hydrogen-bond acceptors (Lipinski definition) is 3. The van der Waals surface area contributed by atoms with Crippen LogP contribution in [0.25, 0.3) is 0 Å². The van der Waals surface area contributed by atoms with Gasteiger partial charge in [0.2, 0.25) is 11.8 Å². The van der Waals surface area contributed by atoms with Gasteiger partial charge in [-0.25, -0.2) is 0 Å². The molecule has 1 aliphatic rings. The molecule has 2 amide bonds. The second kappa shape index (κ2) is 8.15. The minimum Gasteiger partial charge on any atom is -0.369 e. The van der Waals surface area contributed by atoms with Crippen molar-refractivity contribution in [1.82, 2.24) is 10.2 Å². The minimum absolute atomic E-state index is 0.153. The van der Waals surface area contributed by atoms with Gasteiger partial charge in [0.25, 0.3) is 0 Å². The summed E-state index contributed by atoms with van der Waals surface area (Å²) in [6.07, 6.45) is 4.20. The molecule has 5 nitrogen and oxygen atoms in total. The van der Waals surface area contributed by atoms with E-state index in [0.717, 1.165) is 38.9 Å². The molecule has 1 saturated heterocycles. The Bertz CT molecular complexity index is 307. The van der Waals surface area contributed by atoms with Crippen molar-refractivity contribution >= 4 is 11.8 Å². The first-order chi connectivity index (χ1) is 9.06. The highest BCUT2D eigenvalue weighted by atomic mass is 16.2. The van der Waals surface area contributed by atoms with Gasteiger partial charge in [-0.05, 0) is 38.8 Å². The Balaban J connectivity index is 2.38. The lowest BCUT2D eigenvalue weighted by atomic mass is 9.99. The molecule has 0 radical (unpaired) electrons. The van der Waals surface area contributed by atoms with Crippen LogP contribution in [0.3, 0.4) is 0 Å². The molecule has 2 atom stereocenters.